The molecule has 5 rings (SSSR count). The molecule has 38 heavy (non-hydrogen) atoms. The number of rotatable bonds is 7. The van der Waals surface area contributed by atoms with Crippen LogP contribution in [0.1, 0.15) is 64.8 Å². The first-order chi connectivity index (χ1) is 18.1. The minimum Gasteiger partial charge on any atom is -0.497 e. The number of fused-ring (bicyclic) bond motifs is 3. The second kappa shape index (κ2) is 10.3. The Bertz CT molecular complexity index is 1300. The van der Waals surface area contributed by atoms with Crippen LogP contribution in [0.25, 0.3) is 10.9 Å². The molecule has 3 aromatic rings. The smallest absolute Gasteiger partial charge is 0.407 e. The normalized spacial score (nSPS) is 21.0. The third-order valence-corrected chi connectivity index (χ3v) is 7.20. The third-order valence-electron chi connectivity index (χ3n) is 7.20. The number of ether oxygens (including phenoxy) is 2. The first kappa shape index (κ1) is 26.0. The Morgan fingerprint density at radius 3 is 2.50 bits per heavy atom. The highest BCUT2D eigenvalue weighted by atomic mass is 16.6. The molecule has 0 radical (unpaired) electrons. The van der Waals surface area contributed by atoms with E-state index >= 15 is 0 Å². The average molecular weight is 523 g/mol. The fourth-order valence-corrected chi connectivity index (χ4v) is 5.54. The van der Waals surface area contributed by atoms with Gasteiger partial charge in [0.25, 0.3) is 0 Å². The molecule has 2 N–H and O–H groups in total. The van der Waals surface area contributed by atoms with Crippen LogP contribution in [0.2, 0.25) is 0 Å². The highest BCUT2D eigenvalue weighted by Crippen LogP contribution is 2.41. The minimum absolute atomic E-state index is 0.0774. The van der Waals surface area contributed by atoms with Crippen LogP contribution in [-0.2, 0) is 17.8 Å². The Labute approximate surface area is 223 Å². The average Bonchev–Trinajstić information content (AvgIpc) is 3.35. The number of hydrogen-bond donors (Lipinski definition) is 2. The maximum Gasteiger partial charge on any atom is 0.407 e. The van der Waals surface area contributed by atoms with E-state index in [4.69, 9.17) is 19.4 Å². The summed E-state index contributed by atoms with van der Waals surface area (Å²) in [7, 11) is 1.66. The Morgan fingerprint density at radius 1 is 1.13 bits per heavy atom. The van der Waals surface area contributed by atoms with Crippen molar-refractivity contribution >= 4 is 28.8 Å². The van der Waals surface area contributed by atoms with Gasteiger partial charge in [-0.15, -0.1) is 0 Å². The summed E-state index contributed by atoms with van der Waals surface area (Å²) in [6, 6.07) is 6.56. The largest absolute Gasteiger partial charge is 0.497 e. The number of hydrogen-bond acceptors (Lipinski definition) is 9. The molecule has 204 valence electrons. The second-order valence-electron chi connectivity index (χ2n) is 11.1. The number of alkyl carbamates (subject to hydrolysis) is 1. The van der Waals surface area contributed by atoms with Crippen molar-refractivity contribution in [1.82, 2.24) is 30.3 Å². The topological polar surface area (TPSA) is 119 Å². The predicted molar refractivity (Wildman–Crippen MR) is 146 cm³/mol. The lowest BCUT2D eigenvalue weighted by molar-refractivity contribution is 0.0492. The number of aryl methyl sites for hydroxylation is 2. The van der Waals surface area contributed by atoms with Crippen LogP contribution >= 0.6 is 0 Å². The number of carbonyl (C=O) groups is 1. The zero-order chi connectivity index (χ0) is 27.0. The van der Waals surface area contributed by atoms with Crippen LogP contribution in [0.3, 0.4) is 0 Å². The fourth-order valence-electron chi connectivity index (χ4n) is 5.54. The van der Waals surface area contributed by atoms with E-state index in [2.05, 4.69) is 25.7 Å². The number of nitrogens with one attached hydrogen (secondary N) is 2. The Morgan fingerprint density at radius 2 is 1.87 bits per heavy atom. The molecule has 3 atom stereocenters. The highest BCUT2D eigenvalue weighted by Gasteiger charge is 2.43. The number of nitrogens with zero attached hydrogens (tertiary/aromatic N) is 6. The molecule has 2 aliphatic rings. The summed E-state index contributed by atoms with van der Waals surface area (Å²) in [5.74, 6) is 2.20. The van der Waals surface area contributed by atoms with E-state index in [-0.39, 0.29) is 24.2 Å². The molecule has 2 fully saturated rings. The first-order valence-corrected chi connectivity index (χ1v) is 13.4. The Hall–Kier alpha value is -3.63. The quantitative estimate of drug-likeness (QED) is 0.470. The van der Waals surface area contributed by atoms with Gasteiger partial charge in [0.1, 0.15) is 22.9 Å². The molecular weight excluding hydrogens is 484 g/mol. The maximum absolute atomic E-state index is 12.4. The summed E-state index contributed by atoms with van der Waals surface area (Å²) in [6.07, 6.45) is 3.46. The van der Waals surface area contributed by atoms with Gasteiger partial charge < -0.3 is 25.0 Å². The van der Waals surface area contributed by atoms with Gasteiger partial charge in [0, 0.05) is 29.6 Å². The maximum atomic E-state index is 12.4. The van der Waals surface area contributed by atoms with E-state index in [1.54, 1.807) is 11.9 Å². The number of piperidine rings is 1. The minimum atomic E-state index is -0.516. The van der Waals surface area contributed by atoms with Crippen LogP contribution < -0.4 is 20.3 Å². The van der Waals surface area contributed by atoms with Gasteiger partial charge in [0.2, 0.25) is 5.95 Å². The third kappa shape index (κ3) is 5.46. The van der Waals surface area contributed by atoms with E-state index in [1.165, 1.54) is 0 Å². The lowest BCUT2D eigenvalue weighted by atomic mass is 9.97. The summed E-state index contributed by atoms with van der Waals surface area (Å²) in [4.78, 5) is 26.4. The highest BCUT2D eigenvalue weighted by molar-refractivity contribution is 5.92. The van der Waals surface area contributed by atoms with Crippen molar-refractivity contribution < 1.29 is 14.3 Å². The number of benzene rings is 1. The van der Waals surface area contributed by atoms with Gasteiger partial charge in [-0.1, -0.05) is 0 Å². The van der Waals surface area contributed by atoms with Crippen molar-refractivity contribution in [2.24, 2.45) is 0 Å². The molecule has 1 unspecified atom stereocenters. The molecule has 11 nitrogen and oxygen atoms in total. The van der Waals surface area contributed by atoms with Crippen molar-refractivity contribution in [3.05, 3.63) is 29.6 Å². The van der Waals surface area contributed by atoms with Crippen molar-refractivity contribution in [3.8, 4) is 5.75 Å². The van der Waals surface area contributed by atoms with E-state index in [0.29, 0.717) is 12.5 Å². The van der Waals surface area contributed by atoms with Crippen molar-refractivity contribution in [3.63, 3.8) is 0 Å². The van der Waals surface area contributed by atoms with Crippen LogP contribution in [0.15, 0.2) is 18.2 Å². The molecule has 0 aliphatic carbocycles. The molecule has 2 aromatic heterocycles. The number of anilines is 2. The van der Waals surface area contributed by atoms with Crippen molar-refractivity contribution in [2.45, 2.75) is 97.1 Å². The number of aromatic nitrogens is 5. The molecule has 0 saturated carbocycles. The summed E-state index contributed by atoms with van der Waals surface area (Å²) < 4.78 is 11.0. The van der Waals surface area contributed by atoms with E-state index in [9.17, 15) is 4.79 Å². The van der Waals surface area contributed by atoms with Gasteiger partial charge in [-0.3, -0.25) is 0 Å². The van der Waals surface area contributed by atoms with Gasteiger partial charge in [0.05, 0.1) is 31.4 Å². The lowest BCUT2D eigenvalue weighted by Gasteiger charge is -2.40. The zero-order valence-electron chi connectivity index (χ0n) is 23.1. The summed E-state index contributed by atoms with van der Waals surface area (Å²) in [6.45, 7) is 10.8. The van der Waals surface area contributed by atoms with Crippen LogP contribution in [0.4, 0.5) is 16.6 Å². The monoisotopic (exact) mass is 522 g/mol. The first-order valence-electron chi connectivity index (χ1n) is 13.4. The van der Waals surface area contributed by atoms with Crippen LogP contribution in [0, 0.1) is 6.92 Å². The SMILES string of the molecule is CCn1nc(C)c(CNc2nc(N3[C@@H]4CC[C@H]3CC(NC(=O)OC(C)(C)C)C4)c3ccc(OC)cc3n2)n1. The lowest BCUT2D eigenvalue weighted by Crippen LogP contribution is -2.51. The molecule has 1 aromatic carbocycles. The zero-order valence-corrected chi connectivity index (χ0v) is 23.1. The molecule has 4 heterocycles. The van der Waals surface area contributed by atoms with Gasteiger partial charge >= 0.3 is 6.09 Å². The molecule has 0 spiro atoms. The van der Waals surface area contributed by atoms with E-state index in [0.717, 1.165) is 66.1 Å². The summed E-state index contributed by atoms with van der Waals surface area (Å²) in [5.41, 5.74) is 2.06. The van der Waals surface area contributed by atoms with Crippen LogP contribution in [-0.4, -0.2) is 61.9 Å². The molecule has 2 aliphatic heterocycles. The molecule has 2 saturated heterocycles. The number of carbonyl (C=O) groups excluding carboxylic acids is 1. The predicted octanol–water partition coefficient (Wildman–Crippen LogP) is 4.19. The van der Waals surface area contributed by atoms with E-state index in [1.807, 2.05) is 52.8 Å². The molecule has 2 bridgehead atoms. The van der Waals surface area contributed by atoms with Gasteiger partial charge in [0.15, 0.2) is 0 Å². The van der Waals surface area contributed by atoms with E-state index < -0.39 is 5.60 Å². The molecule has 1 amide bonds. The standard InChI is InChI=1S/C27H38N8O3/c1-7-34-32-16(2)23(33-34)15-28-25-30-22-14-20(37-6)10-11-21(22)24(31-25)35-18-8-9-19(35)13-17(12-18)29-26(36)38-27(3,4)5/h10-11,14,17-19H,7-9,12-13,15H2,1-6H3,(H,29,36)(H,28,30,31)/t17?,18-,19+. The Kier molecular flexibility index (Phi) is 7.02. The van der Waals surface area contributed by atoms with Crippen molar-refractivity contribution in [2.75, 3.05) is 17.3 Å². The van der Waals surface area contributed by atoms with Crippen molar-refractivity contribution in [1.29, 1.82) is 0 Å². The summed E-state index contributed by atoms with van der Waals surface area (Å²) >= 11 is 0. The number of methoxy groups -OCH3 is 1. The van der Waals surface area contributed by atoms with Gasteiger partial charge in [-0.2, -0.15) is 20.0 Å². The second-order valence-corrected chi connectivity index (χ2v) is 11.1. The van der Waals surface area contributed by atoms with Crippen LogP contribution in [0.5, 0.6) is 5.75 Å². The molecular formula is C27H38N8O3. The Balaban J connectivity index is 1.41. The van der Waals surface area contributed by atoms with Gasteiger partial charge in [-0.05, 0) is 72.4 Å². The van der Waals surface area contributed by atoms with Gasteiger partial charge in [-0.25, -0.2) is 9.78 Å². The molecule has 11 heteroatoms. The number of amides is 1. The summed E-state index contributed by atoms with van der Waals surface area (Å²) in [5, 5.41) is 16.4. The fraction of sp³-hybridized carbons (Fsp3) is 0.593.